The summed E-state index contributed by atoms with van der Waals surface area (Å²) in [5, 5.41) is 0. The predicted molar refractivity (Wildman–Crippen MR) is 106 cm³/mol. The van der Waals surface area contributed by atoms with Crippen molar-refractivity contribution in [2.75, 3.05) is 42.6 Å². The van der Waals surface area contributed by atoms with E-state index in [4.69, 9.17) is 0 Å². The number of thioether (sulfide) groups is 2. The van der Waals surface area contributed by atoms with Crippen molar-refractivity contribution in [1.82, 2.24) is 9.88 Å². The van der Waals surface area contributed by atoms with Gasteiger partial charge in [0.05, 0.1) is 4.58 Å². The molecule has 0 spiro atoms. The summed E-state index contributed by atoms with van der Waals surface area (Å²) < 4.78 is 0.533. The molecule has 2 aromatic rings. The van der Waals surface area contributed by atoms with Crippen LogP contribution < -0.4 is 4.90 Å². The Balaban J connectivity index is 1.37. The number of piperazine rings is 1. The number of aromatic nitrogens is 1. The van der Waals surface area contributed by atoms with E-state index in [1.165, 1.54) is 17.1 Å². The van der Waals surface area contributed by atoms with Crippen LogP contribution in [0.3, 0.4) is 0 Å². The zero-order valence-corrected chi connectivity index (χ0v) is 15.6. The van der Waals surface area contributed by atoms with Crippen LogP contribution in [0.25, 0.3) is 0 Å². The Hall–Kier alpha value is -1.66. The third kappa shape index (κ3) is 3.80. The maximum absolute atomic E-state index is 12.8. The van der Waals surface area contributed by atoms with Crippen LogP contribution in [0, 0.1) is 0 Å². The first-order valence-corrected chi connectivity index (χ1v) is 10.7. The fraction of sp³-hybridized carbons (Fsp3) is 0.368. The lowest BCUT2D eigenvalue weighted by Crippen LogP contribution is -2.49. The van der Waals surface area contributed by atoms with E-state index >= 15 is 0 Å². The lowest BCUT2D eigenvalue weighted by molar-refractivity contribution is 0.0746. The molecule has 1 amide bonds. The minimum atomic E-state index is 0.138. The van der Waals surface area contributed by atoms with E-state index in [1.807, 2.05) is 65.0 Å². The number of hydrogen-bond acceptors (Lipinski definition) is 5. The van der Waals surface area contributed by atoms with Crippen molar-refractivity contribution >= 4 is 35.2 Å². The summed E-state index contributed by atoms with van der Waals surface area (Å²) in [6.45, 7) is 3.14. The molecule has 0 bridgehead atoms. The van der Waals surface area contributed by atoms with Gasteiger partial charge in [0.25, 0.3) is 5.91 Å². The highest BCUT2D eigenvalue weighted by Crippen LogP contribution is 2.45. The first kappa shape index (κ1) is 16.8. The predicted octanol–water partition coefficient (Wildman–Crippen LogP) is 3.52. The molecule has 0 radical (unpaired) electrons. The van der Waals surface area contributed by atoms with Gasteiger partial charge in [-0.1, -0.05) is 18.2 Å². The molecule has 25 heavy (non-hydrogen) atoms. The van der Waals surface area contributed by atoms with Crippen LogP contribution in [0.2, 0.25) is 0 Å². The van der Waals surface area contributed by atoms with Gasteiger partial charge < -0.3 is 9.80 Å². The zero-order valence-electron chi connectivity index (χ0n) is 14.0. The fourth-order valence-electron chi connectivity index (χ4n) is 3.20. The molecule has 6 heteroatoms. The average molecular weight is 372 g/mol. The number of anilines is 1. The molecular formula is C19H21N3OS2. The van der Waals surface area contributed by atoms with Crippen molar-refractivity contribution in [3.8, 4) is 0 Å². The van der Waals surface area contributed by atoms with Gasteiger partial charge in [0.15, 0.2) is 0 Å². The molecule has 3 heterocycles. The van der Waals surface area contributed by atoms with Crippen molar-refractivity contribution in [2.45, 2.75) is 4.58 Å². The minimum Gasteiger partial charge on any atom is -0.353 e. The Kier molecular flexibility index (Phi) is 5.17. The second kappa shape index (κ2) is 7.70. The maximum Gasteiger partial charge on any atom is 0.253 e. The summed E-state index contributed by atoms with van der Waals surface area (Å²) in [7, 11) is 0. The van der Waals surface area contributed by atoms with Crippen molar-refractivity contribution in [1.29, 1.82) is 0 Å². The second-order valence-electron chi connectivity index (χ2n) is 6.16. The molecule has 2 saturated heterocycles. The average Bonchev–Trinajstić information content (AvgIpc) is 3.23. The summed E-state index contributed by atoms with van der Waals surface area (Å²) >= 11 is 3.98. The molecule has 1 aromatic heterocycles. The molecule has 0 atom stereocenters. The lowest BCUT2D eigenvalue weighted by atomic mass is 10.1. The van der Waals surface area contributed by atoms with Gasteiger partial charge in [-0.25, -0.2) is 4.98 Å². The number of amides is 1. The Morgan fingerprint density at radius 1 is 0.960 bits per heavy atom. The van der Waals surface area contributed by atoms with Crippen LogP contribution in [0.1, 0.15) is 20.5 Å². The van der Waals surface area contributed by atoms with Crippen molar-refractivity contribution in [3.05, 3.63) is 59.8 Å². The number of nitrogens with zero attached hydrogens (tertiary/aromatic N) is 3. The SMILES string of the molecule is O=C(c1ccc(C2SCCS2)cc1)N1CCN(c2ccccn2)CC1. The third-order valence-corrected chi connectivity index (χ3v) is 7.70. The smallest absolute Gasteiger partial charge is 0.253 e. The Bertz CT molecular complexity index is 709. The van der Waals surface area contributed by atoms with Gasteiger partial charge in [-0.2, -0.15) is 0 Å². The monoisotopic (exact) mass is 371 g/mol. The normalized spacial score (nSPS) is 18.6. The number of rotatable bonds is 3. The van der Waals surface area contributed by atoms with Gasteiger partial charge in [0.1, 0.15) is 5.82 Å². The van der Waals surface area contributed by atoms with Crippen LogP contribution in [0.15, 0.2) is 48.7 Å². The highest BCUT2D eigenvalue weighted by molar-refractivity contribution is 8.19. The standard InChI is InChI=1S/C19H21N3OS2/c23-18(15-4-6-16(7-5-15)19-24-13-14-25-19)22-11-9-21(10-12-22)17-3-1-2-8-20-17/h1-8,19H,9-14H2. The molecule has 1 aromatic carbocycles. The molecule has 0 saturated carbocycles. The van der Waals surface area contributed by atoms with E-state index in [1.54, 1.807) is 0 Å². The van der Waals surface area contributed by atoms with E-state index in [0.717, 1.165) is 37.6 Å². The van der Waals surface area contributed by atoms with E-state index in [0.29, 0.717) is 4.58 Å². The van der Waals surface area contributed by atoms with Crippen molar-refractivity contribution in [2.24, 2.45) is 0 Å². The Labute approximate surface area is 157 Å². The molecular weight excluding hydrogens is 350 g/mol. The van der Waals surface area contributed by atoms with Gasteiger partial charge in [0.2, 0.25) is 0 Å². The molecule has 2 aliphatic heterocycles. The minimum absolute atomic E-state index is 0.138. The molecule has 0 unspecified atom stereocenters. The van der Waals surface area contributed by atoms with E-state index < -0.39 is 0 Å². The molecule has 4 rings (SSSR count). The summed E-state index contributed by atoms with van der Waals surface area (Å²) in [6.07, 6.45) is 1.81. The highest BCUT2D eigenvalue weighted by atomic mass is 32.2. The summed E-state index contributed by atoms with van der Waals surface area (Å²) in [4.78, 5) is 21.3. The molecule has 2 fully saturated rings. The number of benzene rings is 1. The van der Waals surface area contributed by atoms with Gasteiger partial charge in [0, 0.05) is 49.4 Å². The quantitative estimate of drug-likeness (QED) is 0.825. The molecule has 2 aliphatic rings. The van der Waals surface area contributed by atoms with Crippen molar-refractivity contribution < 1.29 is 4.79 Å². The summed E-state index contributed by atoms with van der Waals surface area (Å²) in [5.41, 5.74) is 2.12. The van der Waals surface area contributed by atoms with Gasteiger partial charge in [-0.3, -0.25) is 4.79 Å². The van der Waals surface area contributed by atoms with Gasteiger partial charge >= 0.3 is 0 Å². The molecule has 4 nitrogen and oxygen atoms in total. The molecule has 0 aliphatic carbocycles. The van der Waals surface area contributed by atoms with Gasteiger partial charge in [-0.05, 0) is 29.8 Å². The van der Waals surface area contributed by atoms with E-state index in [-0.39, 0.29) is 5.91 Å². The third-order valence-electron chi connectivity index (χ3n) is 4.59. The lowest BCUT2D eigenvalue weighted by Gasteiger charge is -2.35. The van der Waals surface area contributed by atoms with E-state index in [9.17, 15) is 4.79 Å². The van der Waals surface area contributed by atoms with Gasteiger partial charge in [-0.15, -0.1) is 23.5 Å². The maximum atomic E-state index is 12.8. The summed E-state index contributed by atoms with van der Waals surface area (Å²) in [5.74, 6) is 3.57. The number of hydrogen-bond donors (Lipinski definition) is 0. The fourth-order valence-corrected chi connectivity index (χ4v) is 6.06. The van der Waals surface area contributed by atoms with Crippen LogP contribution in [0.4, 0.5) is 5.82 Å². The first-order valence-electron chi connectivity index (χ1n) is 8.60. The van der Waals surface area contributed by atoms with E-state index in [2.05, 4.69) is 22.0 Å². The number of carbonyl (C=O) groups excluding carboxylic acids is 1. The summed E-state index contributed by atoms with van der Waals surface area (Å²) in [6, 6.07) is 14.2. The van der Waals surface area contributed by atoms with Crippen molar-refractivity contribution in [3.63, 3.8) is 0 Å². The Morgan fingerprint density at radius 3 is 2.32 bits per heavy atom. The molecule has 0 N–H and O–H groups in total. The number of carbonyl (C=O) groups is 1. The van der Waals surface area contributed by atoms with Crippen LogP contribution >= 0.6 is 23.5 Å². The molecule has 130 valence electrons. The second-order valence-corrected chi connectivity index (χ2v) is 8.89. The van der Waals surface area contributed by atoms with Crippen LogP contribution in [-0.4, -0.2) is 53.5 Å². The van der Waals surface area contributed by atoms with Crippen LogP contribution in [-0.2, 0) is 0 Å². The Morgan fingerprint density at radius 2 is 1.68 bits per heavy atom. The highest BCUT2D eigenvalue weighted by Gasteiger charge is 2.23. The zero-order chi connectivity index (χ0) is 17.1. The number of pyridine rings is 1. The topological polar surface area (TPSA) is 36.4 Å². The van der Waals surface area contributed by atoms with Crippen LogP contribution in [0.5, 0.6) is 0 Å². The first-order chi connectivity index (χ1) is 12.3. The largest absolute Gasteiger partial charge is 0.353 e.